The molecule has 0 saturated heterocycles. The van der Waals surface area contributed by atoms with E-state index in [1.165, 1.54) is 0 Å². The van der Waals surface area contributed by atoms with Gasteiger partial charge in [-0.15, -0.1) is 0 Å². The fraction of sp³-hybridized carbons (Fsp3) is 0.300. The standard InChI is InChI=1S/C10H11NO/c1-7-8-3-2-4-10(12)9(8)5-6-11-7/h2-4,12H,5-6H2,1H3. The molecule has 0 fully saturated rings. The molecule has 2 nitrogen and oxygen atoms in total. The molecule has 2 heteroatoms. The van der Waals surface area contributed by atoms with Crippen LogP contribution in [0.4, 0.5) is 0 Å². The van der Waals surface area contributed by atoms with Crippen molar-refractivity contribution in [1.82, 2.24) is 0 Å². The van der Waals surface area contributed by atoms with Crippen molar-refractivity contribution in [2.75, 3.05) is 6.54 Å². The summed E-state index contributed by atoms with van der Waals surface area (Å²) < 4.78 is 0. The van der Waals surface area contributed by atoms with Crippen LogP contribution in [0.3, 0.4) is 0 Å². The average molecular weight is 161 g/mol. The number of nitrogens with zero attached hydrogens (tertiary/aromatic N) is 1. The molecular formula is C10H11NO. The zero-order valence-electron chi connectivity index (χ0n) is 7.04. The molecule has 0 saturated carbocycles. The number of phenolic OH excluding ortho intramolecular Hbond substituents is 1. The summed E-state index contributed by atoms with van der Waals surface area (Å²) in [5.74, 6) is 0.404. The van der Waals surface area contributed by atoms with Gasteiger partial charge < -0.3 is 5.11 Å². The fourth-order valence-corrected chi connectivity index (χ4v) is 1.60. The van der Waals surface area contributed by atoms with E-state index in [0.29, 0.717) is 5.75 Å². The van der Waals surface area contributed by atoms with Crippen LogP contribution in [-0.2, 0) is 6.42 Å². The number of fused-ring (bicyclic) bond motifs is 1. The van der Waals surface area contributed by atoms with Crippen LogP contribution in [-0.4, -0.2) is 17.4 Å². The Morgan fingerprint density at radius 2 is 2.25 bits per heavy atom. The molecule has 1 aliphatic rings. The van der Waals surface area contributed by atoms with Gasteiger partial charge in [0.05, 0.1) is 0 Å². The van der Waals surface area contributed by atoms with Crippen molar-refractivity contribution in [3.05, 3.63) is 29.3 Å². The van der Waals surface area contributed by atoms with Crippen LogP contribution in [0.25, 0.3) is 0 Å². The first kappa shape index (κ1) is 7.35. The summed E-state index contributed by atoms with van der Waals surface area (Å²) in [7, 11) is 0. The van der Waals surface area contributed by atoms with E-state index in [-0.39, 0.29) is 0 Å². The van der Waals surface area contributed by atoms with Gasteiger partial charge in [-0.1, -0.05) is 12.1 Å². The number of phenols is 1. The van der Waals surface area contributed by atoms with Crippen LogP contribution >= 0.6 is 0 Å². The van der Waals surface area contributed by atoms with Crippen LogP contribution in [0, 0.1) is 0 Å². The molecule has 1 N–H and O–H groups in total. The van der Waals surface area contributed by atoms with Crippen LogP contribution in [0.15, 0.2) is 23.2 Å². The van der Waals surface area contributed by atoms with Gasteiger partial charge in [0, 0.05) is 23.4 Å². The van der Waals surface area contributed by atoms with Crippen LogP contribution in [0.1, 0.15) is 18.1 Å². The minimum atomic E-state index is 0.404. The first-order valence-corrected chi connectivity index (χ1v) is 4.11. The summed E-state index contributed by atoms with van der Waals surface area (Å²) in [6.45, 7) is 2.79. The molecule has 2 rings (SSSR count). The SMILES string of the molecule is CC1=NCCc2c(O)cccc21. The second kappa shape index (κ2) is 2.63. The van der Waals surface area contributed by atoms with E-state index >= 15 is 0 Å². The molecule has 0 aliphatic carbocycles. The molecule has 0 aromatic heterocycles. The Kier molecular flexibility index (Phi) is 1.61. The molecule has 1 aromatic rings. The van der Waals surface area contributed by atoms with Gasteiger partial charge in [0.1, 0.15) is 5.75 Å². The van der Waals surface area contributed by atoms with Crippen LogP contribution in [0.5, 0.6) is 5.75 Å². The Bertz CT molecular complexity index is 342. The molecule has 0 spiro atoms. The number of benzene rings is 1. The predicted molar refractivity (Wildman–Crippen MR) is 48.9 cm³/mol. The maximum Gasteiger partial charge on any atom is 0.119 e. The molecule has 0 unspecified atom stereocenters. The third kappa shape index (κ3) is 0.998. The van der Waals surface area contributed by atoms with Crippen molar-refractivity contribution >= 4 is 5.71 Å². The predicted octanol–water partition coefficient (Wildman–Crippen LogP) is 1.76. The summed E-state index contributed by atoms with van der Waals surface area (Å²) in [5.41, 5.74) is 3.18. The summed E-state index contributed by atoms with van der Waals surface area (Å²) in [6.07, 6.45) is 0.860. The Hall–Kier alpha value is -1.31. The summed E-state index contributed by atoms with van der Waals surface area (Å²) in [6, 6.07) is 5.60. The average Bonchev–Trinajstić information content (AvgIpc) is 2.07. The molecule has 0 atom stereocenters. The van der Waals surface area contributed by atoms with E-state index in [0.717, 1.165) is 29.8 Å². The van der Waals surface area contributed by atoms with Crippen molar-refractivity contribution in [3.63, 3.8) is 0 Å². The molecule has 1 aliphatic heterocycles. The lowest BCUT2D eigenvalue weighted by Crippen LogP contribution is -2.09. The van der Waals surface area contributed by atoms with Crippen LogP contribution in [0.2, 0.25) is 0 Å². The van der Waals surface area contributed by atoms with Gasteiger partial charge in [-0.25, -0.2) is 0 Å². The molecule has 0 radical (unpaired) electrons. The van der Waals surface area contributed by atoms with E-state index < -0.39 is 0 Å². The number of aliphatic imine (C=N–C) groups is 1. The third-order valence-corrected chi connectivity index (χ3v) is 2.25. The molecular weight excluding hydrogens is 150 g/mol. The van der Waals surface area contributed by atoms with Crippen LogP contribution < -0.4 is 0 Å². The van der Waals surface area contributed by atoms with E-state index in [4.69, 9.17) is 0 Å². The van der Waals surface area contributed by atoms with Gasteiger partial charge in [-0.3, -0.25) is 4.99 Å². The highest BCUT2D eigenvalue weighted by Gasteiger charge is 2.12. The lowest BCUT2D eigenvalue weighted by Gasteiger charge is -2.14. The maximum absolute atomic E-state index is 9.52. The quantitative estimate of drug-likeness (QED) is 0.617. The number of aromatic hydroxyl groups is 1. The first-order valence-electron chi connectivity index (χ1n) is 4.11. The zero-order valence-corrected chi connectivity index (χ0v) is 7.04. The lowest BCUT2D eigenvalue weighted by molar-refractivity contribution is 0.467. The highest BCUT2D eigenvalue weighted by molar-refractivity contribution is 6.01. The zero-order chi connectivity index (χ0) is 8.55. The summed E-state index contributed by atoms with van der Waals surface area (Å²) >= 11 is 0. The molecule has 0 amide bonds. The number of hydrogen-bond acceptors (Lipinski definition) is 2. The maximum atomic E-state index is 9.52. The summed E-state index contributed by atoms with van der Waals surface area (Å²) in [5, 5.41) is 9.52. The number of rotatable bonds is 0. The molecule has 1 aromatic carbocycles. The van der Waals surface area contributed by atoms with Crippen molar-refractivity contribution in [1.29, 1.82) is 0 Å². The Labute approximate surface area is 71.6 Å². The van der Waals surface area contributed by atoms with Crippen molar-refractivity contribution < 1.29 is 5.11 Å². The van der Waals surface area contributed by atoms with Gasteiger partial charge in [-0.05, 0) is 19.4 Å². The van der Waals surface area contributed by atoms with Crippen molar-refractivity contribution in [2.45, 2.75) is 13.3 Å². The van der Waals surface area contributed by atoms with Gasteiger partial charge >= 0.3 is 0 Å². The van der Waals surface area contributed by atoms with Crippen molar-refractivity contribution in [3.8, 4) is 5.75 Å². The largest absolute Gasteiger partial charge is 0.508 e. The molecule has 0 bridgehead atoms. The first-order chi connectivity index (χ1) is 5.79. The third-order valence-electron chi connectivity index (χ3n) is 2.25. The lowest BCUT2D eigenvalue weighted by atomic mass is 9.98. The van der Waals surface area contributed by atoms with E-state index in [1.54, 1.807) is 6.07 Å². The molecule has 62 valence electrons. The molecule has 1 heterocycles. The smallest absolute Gasteiger partial charge is 0.119 e. The minimum Gasteiger partial charge on any atom is -0.508 e. The Balaban J connectivity index is 2.62. The summed E-state index contributed by atoms with van der Waals surface area (Å²) in [4.78, 5) is 4.32. The van der Waals surface area contributed by atoms with Gasteiger partial charge in [0.25, 0.3) is 0 Å². The second-order valence-electron chi connectivity index (χ2n) is 3.02. The van der Waals surface area contributed by atoms with E-state index in [2.05, 4.69) is 4.99 Å². The second-order valence-corrected chi connectivity index (χ2v) is 3.02. The topological polar surface area (TPSA) is 32.6 Å². The van der Waals surface area contributed by atoms with Gasteiger partial charge in [0.2, 0.25) is 0 Å². The monoisotopic (exact) mass is 161 g/mol. The highest BCUT2D eigenvalue weighted by Crippen LogP contribution is 2.24. The molecule has 12 heavy (non-hydrogen) atoms. The van der Waals surface area contributed by atoms with E-state index in [1.807, 2.05) is 19.1 Å². The van der Waals surface area contributed by atoms with Crippen molar-refractivity contribution in [2.24, 2.45) is 4.99 Å². The minimum absolute atomic E-state index is 0.404. The Morgan fingerprint density at radius 1 is 1.42 bits per heavy atom. The Morgan fingerprint density at radius 3 is 3.00 bits per heavy atom. The van der Waals surface area contributed by atoms with Gasteiger partial charge in [0.15, 0.2) is 0 Å². The van der Waals surface area contributed by atoms with Gasteiger partial charge in [-0.2, -0.15) is 0 Å². The fourth-order valence-electron chi connectivity index (χ4n) is 1.60. The number of hydrogen-bond donors (Lipinski definition) is 1. The van der Waals surface area contributed by atoms with E-state index in [9.17, 15) is 5.11 Å². The highest BCUT2D eigenvalue weighted by atomic mass is 16.3. The normalized spacial score (nSPS) is 15.2.